The minimum atomic E-state index is -0.576. The third-order valence-electron chi connectivity index (χ3n) is 2.50. The zero-order valence-electron chi connectivity index (χ0n) is 9.62. The maximum absolute atomic E-state index is 13.1. The van der Waals surface area contributed by atoms with E-state index in [1.54, 1.807) is 12.3 Å². The highest BCUT2D eigenvalue weighted by atomic mass is 79.9. The predicted molar refractivity (Wildman–Crippen MR) is 70.3 cm³/mol. The van der Waals surface area contributed by atoms with Crippen molar-refractivity contribution in [1.29, 1.82) is 0 Å². The van der Waals surface area contributed by atoms with Crippen LogP contribution in [0.25, 0.3) is 0 Å². The topological polar surface area (TPSA) is 24.9 Å². The van der Waals surface area contributed by atoms with E-state index in [4.69, 9.17) is 0 Å². The summed E-state index contributed by atoms with van der Waals surface area (Å²) < 4.78 is 26.9. The van der Waals surface area contributed by atoms with Crippen LogP contribution in [-0.2, 0) is 0 Å². The first-order valence-corrected chi connectivity index (χ1v) is 6.18. The standard InChI is InChI=1S/C13H11BrF2N2/c1-8(9-4-10(15)6-11(16)5-9)18-12-2-3-13(14)17-7-12/h2-8,18H,1H3. The molecule has 2 rings (SSSR count). The molecule has 5 heteroatoms. The monoisotopic (exact) mass is 312 g/mol. The van der Waals surface area contributed by atoms with Crippen molar-refractivity contribution >= 4 is 21.6 Å². The SMILES string of the molecule is CC(Nc1ccc(Br)nc1)c1cc(F)cc(F)c1. The van der Waals surface area contributed by atoms with Gasteiger partial charge in [0.2, 0.25) is 0 Å². The van der Waals surface area contributed by atoms with Gasteiger partial charge >= 0.3 is 0 Å². The summed E-state index contributed by atoms with van der Waals surface area (Å²) in [5, 5.41) is 3.12. The van der Waals surface area contributed by atoms with Gasteiger partial charge in [-0.1, -0.05) is 0 Å². The Morgan fingerprint density at radius 1 is 1.17 bits per heavy atom. The first-order chi connectivity index (χ1) is 8.54. The Balaban J connectivity index is 2.16. The van der Waals surface area contributed by atoms with Gasteiger partial charge in [-0.25, -0.2) is 13.8 Å². The highest BCUT2D eigenvalue weighted by molar-refractivity contribution is 9.10. The molecule has 1 N–H and O–H groups in total. The Morgan fingerprint density at radius 2 is 1.83 bits per heavy atom. The smallest absolute Gasteiger partial charge is 0.126 e. The van der Waals surface area contributed by atoms with Gasteiger partial charge in [0.1, 0.15) is 16.2 Å². The summed E-state index contributed by atoms with van der Waals surface area (Å²) in [6.07, 6.45) is 1.65. The van der Waals surface area contributed by atoms with Crippen LogP contribution in [0.4, 0.5) is 14.5 Å². The number of aromatic nitrogens is 1. The lowest BCUT2D eigenvalue weighted by atomic mass is 10.1. The molecule has 0 aliphatic rings. The minimum Gasteiger partial charge on any atom is -0.377 e. The van der Waals surface area contributed by atoms with Gasteiger partial charge in [0.25, 0.3) is 0 Å². The normalized spacial score (nSPS) is 12.2. The molecule has 0 fully saturated rings. The predicted octanol–water partition coefficient (Wildman–Crippen LogP) is 4.30. The van der Waals surface area contributed by atoms with E-state index in [2.05, 4.69) is 26.2 Å². The first kappa shape index (κ1) is 13.0. The molecule has 0 spiro atoms. The van der Waals surface area contributed by atoms with E-state index >= 15 is 0 Å². The van der Waals surface area contributed by atoms with Crippen molar-refractivity contribution in [2.75, 3.05) is 5.32 Å². The fourth-order valence-electron chi connectivity index (χ4n) is 1.62. The van der Waals surface area contributed by atoms with E-state index in [0.29, 0.717) is 5.56 Å². The third kappa shape index (κ3) is 3.26. The van der Waals surface area contributed by atoms with Crippen molar-refractivity contribution in [3.05, 3.63) is 58.3 Å². The molecule has 0 aliphatic carbocycles. The van der Waals surface area contributed by atoms with E-state index in [0.717, 1.165) is 16.4 Å². The lowest BCUT2D eigenvalue weighted by Crippen LogP contribution is -2.07. The third-order valence-corrected chi connectivity index (χ3v) is 2.96. The van der Waals surface area contributed by atoms with Gasteiger partial charge in [0.15, 0.2) is 0 Å². The molecule has 1 atom stereocenters. The van der Waals surface area contributed by atoms with E-state index in [-0.39, 0.29) is 6.04 Å². The van der Waals surface area contributed by atoms with E-state index < -0.39 is 11.6 Å². The highest BCUT2D eigenvalue weighted by Crippen LogP contribution is 2.21. The quantitative estimate of drug-likeness (QED) is 0.855. The highest BCUT2D eigenvalue weighted by Gasteiger charge is 2.08. The molecule has 0 radical (unpaired) electrons. The molecule has 0 amide bonds. The number of halogens is 3. The van der Waals surface area contributed by atoms with Crippen LogP contribution in [0.1, 0.15) is 18.5 Å². The van der Waals surface area contributed by atoms with Gasteiger partial charge < -0.3 is 5.32 Å². The van der Waals surface area contributed by atoms with Crippen LogP contribution in [0.3, 0.4) is 0 Å². The molecular weight excluding hydrogens is 302 g/mol. The van der Waals surface area contributed by atoms with Gasteiger partial charge in [-0.2, -0.15) is 0 Å². The lowest BCUT2D eigenvalue weighted by Gasteiger charge is -2.15. The number of hydrogen-bond donors (Lipinski definition) is 1. The molecule has 0 saturated carbocycles. The van der Waals surface area contributed by atoms with Gasteiger partial charge in [-0.05, 0) is 52.7 Å². The molecule has 1 heterocycles. The molecule has 18 heavy (non-hydrogen) atoms. The average Bonchev–Trinajstić information content (AvgIpc) is 2.31. The number of nitrogens with zero attached hydrogens (tertiary/aromatic N) is 1. The van der Waals surface area contributed by atoms with Crippen LogP contribution in [0.5, 0.6) is 0 Å². The number of anilines is 1. The summed E-state index contributed by atoms with van der Waals surface area (Å²) in [4.78, 5) is 4.07. The fourth-order valence-corrected chi connectivity index (χ4v) is 1.85. The van der Waals surface area contributed by atoms with Crippen LogP contribution >= 0.6 is 15.9 Å². The Hall–Kier alpha value is -1.49. The van der Waals surface area contributed by atoms with Crippen LogP contribution in [0, 0.1) is 11.6 Å². The number of rotatable bonds is 3. The van der Waals surface area contributed by atoms with Crippen LogP contribution < -0.4 is 5.32 Å². The van der Waals surface area contributed by atoms with Crippen molar-refractivity contribution in [3.8, 4) is 0 Å². The maximum atomic E-state index is 13.1. The summed E-state index contributed by atoms with van der Waals surface area (Å²) in [6, 6.07) is 6.90. The number of pyridine rings is 1. The van der Waals surface area contributed by atoms with Crippen molar-refractivity contribution < 1.29 is 8.78 Å². The summed E-state index contributed by atoms with van der Waals surface area (Å²) in [5.74, 6) is -1.15. The van der Waals surface area contributed by atoms with Crippen LogP contribution in [0.2, 0.25) is 0 Å². The van der Waals surface area contributed by atoms with Gasteiger partial charge in [-0.15, -0.1) is 0 Å². The Kier molecular flexibility index (Phi) is 3.91. The molecular formula is C13H11BrF2N2. The van der Waals surface area contributed by atoms with Gasteiger partial charge in [-0.3, -0.25) is 0 Å². The molecule has 0 bridgehead atoms. The van der Waals surface area contributed by atoms with Crippen molar-refractivity contribution in [2.45, 2.75) is 13.0 Å². The van der Waals surface area contributed by atoms with Crippen molar-refractivity contribution in [2.24, 2.45) is 0 Å². The summed E-state index contributed by atoms with van der Waals surface area (Å²) in [6.45, 7) is 1.83. The second-order valence-corrected chi connectivity index (χ2v) is 4.75. The van der Waals surface area contributed by atoms with Crippen LogP contribution in [-0.4, -0.2) is 4.98 Å². The van der Waals surface area contributed by atoms with Gasteiger partial charge in [0, 0.05) is 12.1 Å². The molecule has 1 aromatic heterocycles. The van der Waals surface area contributed by atoms with Crippen molar-refractivity contribution in [1.82, 2.24) is 4.98 Å². The molecule has 2 aromatic rings. The number of nitrogens with one attached hydrogen (secondary N) is 1. The van der Waals surface area contributed by atoms with E-state index in [9.17, 15) is 8.78 Å². The zero-order chi connectivity index (χ0) is 13.1. The second kappa shape index (κ2) is 5.44. The fraction of sp³-hybridized carbons (Fsp3) is 0.154. The summed E-state index contributed by atoms with van der Waals surface area (Å²) in [5.41, 5.74) is 1.34. The van der Waals surface area contributed by atoms with E-state index in [1.165, 1.54) is 12.1 Å². The van der Waals surface area contributed by atoms with Gasteiger partial charge in [0.05, 0.1) is 11.9 Å². The minimum absolute atomic E-state index is 0.210. The van der Waals surface area contributed by atoms with Crippen LogP contribution in [0.15, 0.2) is 41.1 Å². The van der Waals surface area contributed by atoms with E-state index in [1.807, 2.05) is 13.0 Å². The molecule has 0 aliphatic heterocycles. The number of benzene rings is 1. The largest absolute Gasteiger partial charge is 0.377 e. The molecule has 94 valence electrons. The summed E-state index contributed by atoms with van der Waals surface area (Å²) in [7, 11) is 0. The Labute approximate surface area is 112 Å². The maximum Gasteiger partial charge on any atom is 0.126 e. The lowest BCUT2D eigenvalue weighted by molar-refractivity contribution is 0.577. The zero-order valence-corrected chi connectivity index (χ0v) is 11.2. The molecule has 1 unspecified atom stereocenters. The Morgan fingerprint density at radius 3 is 2.39 bits per heavy atom. The summed E-state index contributed by atoms with van der Waals surface area (Å²) >= 11 is 3.24. The van der Waals surface area contributed by atoms with Crippen molar-refractivity contribution in [3.63, 3.8) is 0 Å². The number of hydrogen-bond acceptors (Lipinski definition) is 2. The second-order valence-electron chi connectivity index (χ2n) is 3.94. The average molecular weight is 313 g/mol. The molecule has 0 saturated heterocycles. The Bertz CT molecular complexity index is 523. The molecule has 2 nitrogen and oxygen atoms in total. The first-order valence-electron chi connectivity index (χ1n) is 5.38. The molecule has 1 aromatic carbocycles.